The van der Waals surface area contributed by atoms with Crippen LogP contribution in [0, 0.1) is 28.8 Å². The summed E-state index contributed by atoms with van der Waals surface area (Å²) in [5.74, 6) is -4.37. The van der Waals surface area contributed by atoms with E-state index in [9.17, 15) is 26.4 Å². The third-order valence-corrected chi connectivity index (χ3v) is 6.54. The fraction of sp³-hybridized carbons (Fsp3) is 0.130. The Morgan fingerprint density at radius 2 is 1.79 bits per heavy atom. The molecule has 0 atom stereocenters. The number of sulfonamides is 1. The Hall–Kier alpha value is -3.88. The van der Waals surface area contributed by atoms with Gasteiger partial charge >= 0.3 is 5.97 Å². The third-order valence-electron chi connectivity index (χ3n) is 4.74. The topological polar surface area (TPSA) is 108 Å². The number of halogens is 3. The number of rotatable bonds is 8. The van der Waals surface area contributed by atoms with Crippen molar-refractivity contribution in [2.75, 3.05) is 13.7 Å². The van der Waals surface area contributed by atoms with Gasteiger partial charge < -0.3 is 9.84 Å². The molecule has 0 aliphatic carbocycles. The number of hydrogen-bond acceptors (Lipinski definition) is 5. The number of benzene rings is 3. The predicted octanol–water partition coefficient (Wildman–Crippen LogP) is 3.93. The molecule has 0 unspecified atom stereocenters. The van der Waals surface area contributed by atoms with Crippen molar-refractivity contribution in [2.45, 2.75) is 11.4 Å². The Morgan fingerprint density at radius 3 is 2.44 bits per heavy atom. The van der Waals surface area contributed by atoms with Crippen LogP contribution in [-0.4, -0.2) is 37.5 Å². The van der Waals surface area contributed by atoms with E-state index in [1.54, 1.807) is 0 Å². The second-order valence-electron chi connectivity index (χ2n) is 7.19. The van der Waals surface area contributed by atoms with Crippen LogP contribution in [0.2, 0.25) is 0 Å². The molecule has 7 nitrogen and oxygen atoms in total. The van der Waals surface area contributed by atoms with Crippen LogP contribution in [0.5, 0.6) is 5.75 Å². The number of nitrogens with zero attached hydrogens (tertiary/aromatic N) is 2. The molecule has 0 aliphatic rings. The largest absolute Gasteiger partial charge is 0.481 e. The number of carboxylic acid groups (broad SMARTS) is 1. The first-order valence-corrected chi connectivity index (χ1v) is 11.0. The van der Waals surface area contributed by atoms with E-state index in [-0.39, 0.29) is 29.0 Å². The van der Waals surface area contributed by atoms with Crippen molar-refractivity contribution >= 4 is 16.0 Å². The Bertz CT molecular complexity index is 1400. The summed E-state index contributed by atoms with van der Waals surface area (Å²) in [6.45, 7) is -0.898. The van der Waals surface area contributed by atoms with Gasteiger partial charge in [-0.1, -0.05) is 6.07 Å². The second kappa shape index (κ2) is 9.94. The number of nitriles is 1. The third kappa shape index (κ3) is 5.54. The van der Waals surface area contributed by atoms with Crippen LogP contribution >= 0.6 is 0 Å². The van der Waals surface area contributed by atoms with E-state index < -0.39 is 44.9 Å². The molecule has 0 aliphatic heterocycles. The molecule has 34 heavy (non-hydrogen) atoms. The maximum Gasteiger partial charge on any atom is 0.341 e. The first-order chi connectivity index (χ1) is 16.0. The summed E-state index contributed by atoms with van der Waals surface area (Å²) in [6.07, 6.45) is 0. The maximum absolute atomic E-state index is 14.0. The normalized spacial score (nSPS) is 11.3. The molecule has 3 rings (SSSR count). The lowest BCUT2D eigenvalue weighted by molar-refractivity contribution is -0.139. The summed E-state index contributed by atoms with van der Waals surface area (Å²) in [6, 6.07) is 11.9. The minimum atomic E-state index is -4.19. The molecule has 0 radical (unpaired) electrons. The van der Waals surface area contributed by atoms with Gasteiger partial charge in [0, 0.05) is 19.2 Å². The van der Waals surface area contributed by atoms with Crippen molar-refractivity contribution in [2.24, 2.45) is 0 Å². The quantitative estimate of drug-likeness (QED) is 0.513. The Labute approximate surface area is 193 Å². The standard InChI is InChI=1S/C23H17F3N2O5S/c1-28(34(31,32)18-3-4-20(25)21(26)10-18)12-14-2-5-22(33-13-23(29)30)19(8-14)16-6-15(11-27)7-17(24)9-16/h2-10H,12-13H2,1H3,(H,29,30). The molecule has 11 heteroatoms. The molecule has 0 amide bonds. The molecule has 0 bridgehead atoms. The lowest BCUT2D eigenvalue weighted by Gasteiger charge is -2.19. The lowest BCUT2D eigenvalue weighted by Crippen LogP contribution is -2.26. The van der Waals surface area contributed by atoms with Gasteiger partial charge in [0.2, 0.25) is 10.0 Å². The Morgan fingerprint density at radius 1 is 1.06 bits per heavy atom. The highest BCUT2D eigenvalue weighted by atomic mass is 32.2. The average Bonchev–Trinajstić information content (AvgIpc) is 2.79. The maximum atomic E-state index is 14.0. The highest BCUT2D eigenvalue weighted by molar-refractivity contribution is 7.89. The molecule has 0 heterocycles. The number of hydrogen-bond donors (Lipinski definition) is 1. The van der Waals surface area contributed by atoms with E-state index in [1.807, 2.05) is 6.07 Å². The summed E-state index contributed by atoms with van der Waals surface area (Å²) in [4.78, 5) is 10.5. The highest BCUT2D eigenvalue weighted by Crippen LogP contribution is 2.33. The highest BCUT2D eigenvalue weighted by Gasteiger charge is 2.23. The van der Waals surface area contributed by atoms with Gasteiger partial charge in [-0.15, -0.1) is 0 Å². The zero-order chi connectivity index (χ0) is 25.0. The average molecular weight is 490 g/mol. The second-order valence-corrected chi connectivity index (χ2v) is 9.24. The summed E-state index contributed by atoms with van der Waals surface area (Å²) in [5, 5.41) is 18.1. The minimum Gasteiger partial charge on any atom is -0.481 e. The molecule has 1 N–H and O–H groups in total. The number of ether oxygens (including phenoxy) is 1. The van der Waals surface area contributed by atoms with Crippen molar-refractivity contribution in [3.8, 4) is 22.9 Å². The van der Waals surface area contributed by atoms with Gasteiger partial charge in [-0.2, -0.15) is 9.57 Å². The van der Waals surface area contributed by atoms with Crippen LogP contribution in [0.15, 0.2) is 59.5 Å². The van der Waals surface area contributed by atoms with E-state index >= 15 is 0 Å². The van der Waals surface area contributed by atoms with Crippen molar-refractivity contribution in [1.82, 2.24) is 4.31 Å². The van der Waals surface area contributed by atoms with Crippen molar-refractivity contribution in [3.05, 3.63) is 83.2 Å². The van der Waals surface area contributed by atoms with Crippen molar-refractivity contribution < 1.29 is 36.2 Å². The first kappa shape index (κ1) is 24.8. The summed E-state index contributed by atoms with van der Waals surface area (Å²) >= 11 is 0. The lowest BCUT2D eigenvalue weighted by atomic mass is 10.00. The SMILES string of the molecule is CN(Cc1ccc(OCC(=O)O)c(-c2cc(F)cc(C#N)c2)c1)S(=O)(=O)c1ccc(F)c(F)c1. The molecule has 0 spiro atoms. The van der Waals surface area contributed by atoms with Crippen LogP contribution in [0.3, 0.4) is 0 Å². The van der Waals surface area contributed by atoms with E-state index in [1.165, 1.54) is 31.3 Å². The van der Waals surface area contributed by atoms with Crippen LogP contribution in [0.25, 0.3) is 11.1 Å². The van der Waals surface area contributed by atoms with Gasteiger partial charge in [-0.3, -0.25) is 0 Å². The number of carboxylic acids is 1. The number of aliphatic carboxylic acids is 1. The molecule has 0 aromatic heterocycles. The molecular formula is C23H17F3N2O5S. The molecule has 3 aromatic rings. The minimum absolute atomic E-state index is 0.0163. The van der Waals surface area contributed by atoms with Crippen LogP contribution in [-0.2, 0) is 21.4 Å². The molecule has 0 fully saturated rings. The van der Waals surface area contributed by atoms with Crippen LogP contribution < -0.4 is 4.74 Å². The molecule has 3 aromatic carbocycles. The summed E-state index contributed by atoms with van der Waals surface area (Å²) in [5.41, 5.74) is 0.856. The fourth-order valence-corrected chi connectivity index (χ4v) is 4.31. The number of carbonyl (C=O) groups is 1. The predicted molar refractivity (Wildman–Crippen MR) is 115 cm³/mol. The monoisotopic (exact) mass is 490 g/mol. The van der Waals surface area contributed by atoms with Gasteiger partial charge in [-0.25, -0.2) is 26.4 Å². The van der Waals surface area contributed by atoms with Gasteiger partial charge in [0.1, 0.15) is 11.6 Å². The van der Waals surface area contributed by atoms with Gasteiger partial charge in [0.25, 0.3) is 0 Å². The van der Waals surface area contributed by atoms with Gasteiger partial charge in [-0.05, 0) is 59.7 Å². The smallest absolute Gasteiger partial charge is 0.341 e. The Balaban J connectivity index is 2.00. The summed E-state index contributed by atoms with van der Waals surface area (Å²) in [7, 11) is -2.95. The van der Waals surface area contributed by atoms with Crippen LogP contribution in [0.1, 0.15) is 11.1 Å². The van der Waals surface area contributed by atoms with Gasteiger partial charge in [0.05, 0.1) is 16.5 Å². The first-order valence-electron chi connectivity index (χ1n) is 9.61. The zero-order valence-electron chi connectivity index (χ0n) is 17.6. The van der Waals surface area contributed by atoms with E-state index in [2.05, 4.69) is 0 Å². The molecule has 0 saturated heterocycles. The zero-order valence-corrected chi connectivity index (χ0v) is 18.4. The van der Waals surface area contributed by atoms with Crippen molar-refractivity contribution in [3.63, 3.8) is 0 Å². The van der Waals surface area contributed by atoms with Crippen molar-refractivity contribution in [1.29, 1.82) is 5.26 Å². The van der Waals surface area contributed by atoms with Gasteiger partial charge in [0.15, 0.2) is 18.2 Å². The van der Waals surface area contributed by atoms with E-state index in [4.69, 9.17) is 15.1 Å². The fourth-order valence-electron chi connectivity index (χ4n) is 3.14. The van der Waals surface area contributed by atoms with E-state index in [0.717, 1.165) is 22.5 Å². The molecular weight excluding hydrogens is 473 g/mol. The Kier molecular flexibility index (Phi) is 7.24. The van der Waals surface area contributed by atoms with E-state index in [0.29, 0.717) is 17.7 Å². The van der Waals surface area contributed by atoms with Crippen LogP contribution in [0.4, 0.5) is 13.2 Å². The summed E-state index contributed by atoms with van der Waals surface area (Å²) < 4.78 is 72.5. The molecule has 0 saturated carbocycles. The molecule has 176 valence electrons.